The third-order valence-corrected chi connectivity index (χ3v) is 6.20. The van der Waals surface area contributed by atoms with Crippen LogP contribution in [-0.2, 0) is 9.59 Å². The normalized spacial score (nSPS) is 10.6. The SMILES string of the molecule is CCN(CC(=O)Nc1ccc(OC)cc1)C(=O)CSc1nc2ccccc2s1. The van der Waals surface area contributed by atoms with Crippen molar-refractivity contribution in [1.29, 1.82) is 0 Å². The maximum atomic E-state index is 12.5. The van der Waals surface area contributed by atoms with Gasteiger partial charge in [-0.3, -0.25) is 9.59 Å². The quantitative estimate of drug-likeness (QED) is 0.565. The first kappa shape index (κ1) is 20.2. The van der Waals surface area contributed by atoms with E-state index in [1.165, 1.54) is 11.8 Å². The Labute approximate surface area is 171 Å². The number of fused-ring (bicyclic) bond motifs is 1. The number of thiazole rings is 1. The smallest absolute Gasteiger partial charge is 0.243 e. The van der Waals surface area contributed by atoms with Crippen LogP contribution in [0.1, 0.15) is 6.92 Å². The molecule has 8 heteroatoms. The van der Waals surface area contributed by atoms with E-state index in [0.717, 1.165) is 20.3 Å². The summed E-state index contributed by atoms with van der Waals surface area (Å²) in [5.74, 6) is 0.654. The lowest BCUT2D eigenvalue weighted by Gasteiger charge is -2.20. The molecular formula is C20H21N3O3S2. The van der Waals surface area contributed by atoms with E-state index in [9.17, 15) is 9.59 Å². The third kappa shape index (κ3) is 5.24. The predicted molar refractivity (Wildman–Crippen MR) is 114 cm³/mol. The number of hydrogen-bond acceptors (Lipinski definition) is 6. The van der Waals surface area contributed by atoms with E-state index in [1.54, 1.807) is 47.6 Å². The monoisotopic (exact) mass is 415 g/mol. The highest BCUT2D eigenvalue weighted by atomic mass is 32.2. The van der Waals surface area contributed by atoms with Crippen LogP contribution >= 0.6 is 23.1 Å². The van der Waals surface area contributed by atoms with Gasteiger partial charge in [0.1, 0.15) is 5.75 Å². The summed E-state index contributed by atoms with van der Waals surface area (Å²) in [7, 11) is 1.59. The molecule has 0 aliphatic heterocycles. The molecule has 28 heavy (non-hydrogen) atoms. The van der Waals surface area contributed by atoms with Crippen LogP contribution in [0, 0.1) is 0 Å². The summed E-state index contributed by atoms with van der Waals surface area (Å²) in [5.41, 5.74) is 1.60. The Morgan fingerprint density at radius 3 is 2.61 bits per heavy atom. The summed E-state index contributed by atoms with van der Waals surface area (Å²) < 4.78 is 7.05. The van der Waals surface area contributed by atoms with Gasteiger partial charge in [0.15, 0.2) is 4.34 Å². The molecule has 3 aromatic rings. The number of rotatable bonds is 8. The molecule has 1 heterocycles. The molecule has 0 unspecified atom stereocenters. The molecule has 2 amide bonds. The van der Waals surface area contributed by atoms with E-state index in [-0.39, 0.29) is 24.1 Å². The Kier molecular flexibility index (Phi) is 6.89. The molecule has 0 saturated carbocycles. The van der Waals surface area contributed by atoms with Crippen LogP contribution in [0.4, 0.5) is 5.69 Å². The highest BCUT2D eigenvalue weighted by molar-refractivity contribution is 8.01. The summed E-state index contributed by atoms with van der Waals surface area (Å²) in [5, 5.41) is 2.80. The standard InChI is InChI=1S/C20H21N3O3S2/c1-3-23(12-18(24)21-14-8-10-15(26-2)11-9-14)19(25)13-27-20-22-16-6-4-5-7-17(16)28-20/h4-11H,3,12-13H2,1-2H3,(H,21,24). The number of thioether (sulfide) groups is 1. The average molecular weight is 416 g/mol. The lowest BCUT2D eigenvalue weighted by atomic mass is 10.3. The lowest BCUT2D eigenvalue weighted by Crippen LogP contribution is -2.38. The van der Waals surface area contributed by atoms with E-state index in [0.29, 0.717) is 12.2 Å². The number of ether oxygens (including phenoxy) is 1. The summed E-state index contributed by atoms with van der Waals surface area (Å²) >= 11 is 2.97. The maximum Gasteiger partial charge on any atom is 0.243 e. The number of amides is 2. The van der Waals surface area contributed by atoms with Crippen LogP contribution < -0.4 is 10.1 Å². The van der Waals surface area contributed by atoms with E-state index >= 15 is 0 Å². The van der Waals surface area contributed by atoms with Crippen LogP contribution in [0.2, 0.25) is 0 Å². The minimum Gasteiger partial charge on any atom is -0.497 e. The molecule has 0 spiro atoms. The predicted octanol–water partition coefficient (Wildman–Crippen LogP) is 3.88. The summed E-state index contributed by atoms with van der Waals surface area (Å²) in [6, 6.07) is 15.0. The van der Waals surface area contributed by atoms with Crippen molar-refractivity contribution in [2.45, 2.75) is 11.3 Å². The maximum absolute atomic E-state index is 12.5. The van der Waals surface area contributed by atoms with Gasteiger partial charge in [0.25, 0.3) is 0 Å². The number of hydrogen-bond donors (Lipinski definition) is 1. The number of benzene rings is 2. The molecule has 0 fully saturated rings. The zero-order valence-electron chi connectivity index (χ0n) is 15.7. The van der Waals surface area contributed by atoms with Crippen LogP contribution in [0.3, 0.4) is 0 Å². The first-order chi connectivity index (χ1) is 13.6. The van der Waals surface area contributed by atoms with Crippen LogP contribution in [0.15, 0.2) is 52.9 Å². The van der Waals surface area contributed by atoms with E-state index < -0.39 is 0 Å². The second kappa shape index (κ2) is 9.57. The molecule has 0 atom stereocenters. The van der Waals surface area contributed by atoms with Gasteiger partial charge in [-0.15, -0.1) is 11.3 Å². The number of likely N-dealkylation sites (N-methyl/N-ethyl adjacent to an activating group) is 1. The van der Waals surface area contributed by atoms with Gasteiger partial charge in [-0.25, -0.2) is 4.98 Å². The van der Waals surface area contributed by atoms with Crippen molar-refractivity contribution in [2.24, 2.45) is 0 Å². The van der Waals surface area contributed by atoms with Gasteiger partial charge < -0.3 is 15.0 Å². The van der Waals surface area contributed by atoms with Crippen molar-refractivity contribution in [3.05, 3.63) is 48.5 Å². The van der Waals surface area contributed by atoms with Crippen molar-refractivity contribution in [1.82, 2.24) is 9.88 Å². The third-order valence-electron chi connectivity index (χ3n) is 4.04. The minimum atomic E-state index is -0.231. The zero-order valence-corrected chi connectivity index (χ0v) is 17.3. The van der Waals surface area contributed by atoms with E-state index in [1.807, 2.05) is 31.2 Å². The molecule has 146 valence electrons. The minimum absolute atomic E-state index is 0.0156. The largest absolute Gasteiger partial charge is 0.497 e. The first-order valence-electron chi connectivity index (χ1n) is 8.79. The molecule has 3 rings (SSSR count). The Balaban J connectivity index is 1.52. The number of carbonyl (C=O) groups is 2. The fraction of sp³-hybridized carbons (Fsp3) is 0.250. The van der Waals surface area contributed by atoms with Gasteiger partial charge in [0, 0.05) is 12.2 Å². The molecule has 1 N–H and O–H groups in total. The molecule has 0 saturated heterocycles. The van der Waals surface area contributed by atoms with E-state index in [2.05, 4.69) is 10.3 Å². The summed E-state index contributed by atoms with van der Waals surface area (Å²) in [6.07, 6.45) is 0. The molecule has 0 aliphatic rings. The Bertz CT molecular complexity index is 924. The number of carbonyl (C=O) groups excluding carboxylic acids is 2. The molecule has 1 aromatic heterocycles. The van der Waals surface area contributed by atoms with Gasteiger partial charge >= 0.3 is 0 Å². The fourth-order valence-electron chi connectivity index (χ4n) is 2.55. The molecule has 2 aromatic carbocycles. The Morgan fingerprint density at radius 2 is 1.93 bits per heavy atom. The molecule has 6 nitrogen and oxygen atoms in total. The Hall–Kier alpha value is -2.58. The number of aromatic nitrogens is 1. The van der Waals surface area contributed by atoms with Gasteiger partial charge in [0.05, 0.1) is 29.6 Å². The number of anilines is 1. The highest BCUT2D eigenvalue weighted by Gasteiger charge is 2.17. The number of nitrogens with one attached hydrogen (secondary N) is 1. The van der Waals surface area contributed by atoms with Gasteiger partial charge in [-0.2, -0.15) is 0 Å². The number of methoxy groups -OCH3 is 1. The van der Waals surface area contributed by atoms with Crippen molar-refractivity contribution in [3.63, 3.8) is 0 Å². The molecule has 0 aliphatic carbocycles. The first-order valence-corrected chi connectivity index (χ1v) is 10.6. The molecular weight excluding hydrogens is 394 g/mol. The lowest BCUT2D eigenvalue weighted by molar-refractivity contribution is -0.132. The number of para-hydroxylation sites is 1. The molecule has 0 bridgehead atoms. The second-order valence-electron chi connectivity index (χ2n) is 5.92. The van der Waals surface area contributed by atoms with E-state index in [4.69, 9.17) is 4.74 Å². The summed E-state index contributed by atoms with van der Waals surface area (Å²) in [6.45, 7) is 2.35. The van der Waals surface area contributed by atoms with Crippen molar-refractivity contribution in [2.75, 3.05) is 31.3 Å². The van der Waals surface area contributed by atoms with Gasteiger partial charge in [0.2, 0.25) is 11.8 Å². The Morgan fingerprint density at radius 1 is 1.18 bits per heavy atom. The fourth-order valence-corrected chi connectivity index (χ4v) is 4.52. The van der Waals surface area contributed by atoms with Gasteiger partial charge in [-0.05, 0) is 43.3 Å². The van der Waals surface area contributed by atoms with Gasteiger partial charge in [-0.1, -0.05) is 23.9 Å². The molecule has 0 radical (unpaired) electrons. The zero-order chi connectivity index (χ0) is 19.9. The van der Waals surface area contributed by atoms with Crippen LogP contribution in [0.5, 0.6) is 5.75 Å². The summed E-state index contributed by atoms with van der Waals surface area (Å²) in [4.78, 5) is 30.9. The average Bonchev–Trinajstić information content (AvgIpc) is 3.14. The van der Waals surface area contributed by atoms with Crippen LogP contribution in [0.25, 0.3) is 10.2 Å². The second-order valence-corrected chi connectivity index (χ2v) is 8.17. The topological polar surface area (TPSA) is 71.5 Å². The van der Waals surface area contributed by atoms with Crippen molar-refractivity contribution in [3.8, 4) is 5.75 Å². The van der Waals surface area contributed by atoms with Crippen LogP contribution in [-0.4, -0.2) is 47.7 Å². The highest BCUT2D eigenvalue weighted by Crippen LogP contribution is 2.29. The van der Waals surface area contributed by atoms with Crippen molar-refractivity contribution >= 4 is 50.8 Å². The number of nitrogens with zero attached hydrogens (tertiary/aromatic N) is 2. The van der Waals surface area contributed by atoms with Crippen molar-refractivity contribution < 1.29 is 14.3 Å².